The first kappa shape index (κ1) is 11.9. The van der Waals surface area contributed by atoms with E-state index in [9.17, 15) is 24.9 Å². The Morgan fingerprint density at radius 1 is 1.70 bits per heavy atom. The molecule has 0 amide bonds. The lowest BCUT2D eigenvalue weighted by Gasteiger charge is -2.27. The fraction of sp³-hybridized carbons (Fsp3) is 0.500. The minimum Gasteiger partial charge on any atom is -0.394 e. The molecule has 2 rings (SSSR count). The van der Waals surface area contributed by atoms with E-state index in [1.165, 1.54) is 6.92 Å². The standard InChI is InChI=1S/C12H14N2O6/c1-3-12(19)9(17)7(5-15)20-10(12)14-6(2)4-8(16)13-11(14)18/h1,4,7,9-10,15,17,19H,5H2,2H3,(H,13,16,18)/t7-,9+,10-,12?/m1/s1/i5D2. The van der Waals surface area contributed by atoms with E-state index in [2.05, 4.69) is 0 Å². The second-order valence-electron chi connectivity index (χ2n) is 4.40. The summed E-state index contributed by atoms with van der Waals surface area (Å²) in [6.07, 6.45) is -0.391. The van der Waals surface area contributed by atoms with Gasteiger partial charge in [-0.3, -0.25) is 14.3 Å². The minimum atomic E-state index is -3.02. The number of aliphatic hydroxyl groups excluding tert-OH is 1. The number of aromatic nitrogens is 2. The maximum atomic E-state index is 11.9. The molecule has 0 aromatic carbocycles. The van der Waals surface area contributed by atoms with Crippen molar-refractivity contribution in [2.75, 3.05) is 6.56 Å². The van der Waals surface area contributed by atoms with E-state index in [-0.39, 0.29) is 5.69 Å². The lowest BCUT2D eigenvalue weighted by Crippen LogP contribution is -2.48. The van der Waals surface area contributed by atoms with Crippen LogP contribution in [0.5, 0.6) is 0 Å². The number of hydrogen-bond donors (Lipinski definition) is 4. The molecule has 1 aliphatic heterocycles. The molecule has 0 saturated carbocycles. The second-order valence-corrected chi connectivity index (χ2v) is 4.40. The molecule has 0 aliphatic carbocycles. The highest BCUT2D eigenvalue weighted by molar-refractivity contribution is 5.20. The Morgan fingerprint density at radius 2 is 2.35 bits per heavy atom. The van der Waals surface area contributed by atoms with Crippen LogP contribution in [0.1, 0.15) is 14.7 Å². The number of hydrogen-bond acceptors (Lipinski definition) is 6. The summed E-state index contributed by atoms with van der Waals surface area (Å²) in [5.74, 6) is 1.86. The van der Waals surface area contributed by atoms with Gasteiger partial charge in [-0.05, 0) is 6.92 Å². The van der Waals surface area contributed by atoms with Crippen molar-refractivity contribution < 1.29 is 22.8 Å². The number of nitrogens with zero attached hydrogens (tertiary/aromatic N) is 1. The zero-order valence-electron chi connectivity index (χ0n) is 12.4. The van der Waals surface area contributed by atoms with E-state index in [0.717, 1.165) is 10.6 Å². The van der Waals surface area contributed by atoms with Gasteiger partial charge >= 0.3 is 5.69 Å². The topological polar surface area (TPSA) is 125 Å². The van der Waals surface area contributed by atoms with Crippen LogP contribution in [0, 0.1) is 19.3 Å². The van der Waals surface area contributed by atoms with E-state index in [1.54, 1.807) is 0 Å². The summed E-state index contributed by atoms with van der Waals surface area (Å²) in [7, 11) is 0. The average molecular weight is 284 g/mol. The van der Waals surface area contributed by atoms with Gasteiger partial charge in [-0.1, -0.05) is 5.92 Å². The SMILES string of the molecule is [2H]C([2H])(O)[C@H]1O[C@@H](n2c(C)cc(=O)[nH]c2=O)C(O)(C#C)[C@H]1O. The van der Waals surface area contributed by atoms with Gasteiger partial charge in [-0.15, -0.1) is 6.42 Å². The molecule has 0 spiro atoms. The molecule has 4 N–H and O–H groups in total. The van der Waals surface area contributed by atoms with Crippen molar-refractivity contribution in [2.45, 2.75) is 31.0 Å². The molecule has 8 nitrogen and oxygen atoms in total. The second kappa shape index (κ2) is 4.88. The Kier molecular flexibility index (Phi) is 2.90. The van der Waals surface area contributed by atoms with Crippen molar-refractivity contribution in [1.82, 2.24) is 9.55 Å². The molecule has 1 saturated heterocycles. The number of aromatic amines is 1. The summed E-state index contributed by atoms with van der Waals surface area (Å²) >= 11 is 0. The number of H-pyrrole nitrogens is 1. The third-order valence-corrected chi connectivity index (χ3v) is 3.15. The van der Waals surface area contributed by atoms with Gasteiger partial charge < -0.3 is 20.1 Å². The van der Waals surface area contributed by atoms with Crippen LogP contribution >= 0.6 is 0 Å². The average Bonchev–Trinajstić information content (AvgIpc) is 2.63. The van der Waals surface area contributed by atoms with E-state index in [0.29, 0.717) is 0 Å². The molecule has 4 atom stereocenters. The third kappa shape index (κ3) is 1.97. The summed E-state index contributed by atoms with van der Waals surface area (Å²) in [6.45, 7) is -1.65. The van der Waals surface area contributed by atoms with Crippen molar-refractivity contribution in [1.29, 1.82) is 0 Å². The number of terminal acetylenes is 1. The zero-order chi connectivity index (χ0) is 16.9. The highest BCUT2D eigenvalue weighted by atomic mass is 16.6. The molecule has 108 valence electrons. The molecule has 1 aliphatic rings. The van der Waals surface area contributed by atoms with Gasteiger partial charge in [0.1, 0.15) is 12.2 Å². The highest BCUT2D eigenvalue weighted by Crippen LogP contribution is 2.37. The Balaban J connectivity index is 2.63. The van der Waals surface area contributed by atoms with Crippen LogP contribution in [0.25, 0.3) is 0 Å². The van der Waals surface area contributed by atoms with Crippen LogP contribution in [0.4, 0.5) is 0 Å². The van der Waals surface area contributed by atoms with E-state index < -0.39 is 41.8 Å². The summed E-state index contributed by atoms with van der Waals surface area (Å²) < 4.78 is 20.3. The lowest BCUT2D eigenvalue weighted by atomic mass is 9.95. The maximum absolute atomic E-state index is 11.9. The van der Waals surface area contributed by atoms with Crippen LogP contribution in [0.2, 0.25) is 0 Å². The highest BCUT2D eigenvalue weighted by Gasteiger charge is 2.55. The van der Waals surface area contributed by atoms with Crippen molar-refractivity contribution in [3.8, 4) is 12.3 Å². The molecule has 1 fully saturated rings. The van der Waals surface area contributed by atoms with Gasteiger partial charge in [-0.2, -0.15) is 0 Å². The largest absolute Gasteiger partial charge is 0.394 e. The van der Waals surface area contributed by atoms with Crippen molar-refractivity contribution in [3.05, 3.63) is 32.6 Å². The van der Waals surface area contributed by atoms with Crippen LogP contribution in [0.15, 0.2) is 15.7 Å². The fourth-order valence-electron chi connectivity index (χ4n) is 2.12. The van der Waals surface area contributed by atoms with E-state index >= 15 is 0 Å². The number of aliphatic hydroxyl groups is 3. The lowest BCUT2D eigenvalue weighted by molar-refractivity contribution is -0.0774. The van der Waals surface area contributed by atoms with Gasteiger partial charge in [0.2, 0.25) is 0 Å². The smallest absolute Gasteiger partial charge is 0.330 e. The van der Waals surface area contributed by atoms with Gasteiger partial charge in [0.05, 0.1) is 9.30 Å². The number of aryl methyl sites for hydroxylation is 1. The molecule has 1 unspecified atom stereocenters. The molecule has 2 heterocycles. The number of nitrogens with one attached hydrogen (secondary N) is 1. The molecule has 1 aromatic rings. The van der Waals surface area contributed by atoms with Crippen molar-refractivity contribution in [2.24, 2.45) is 0 Å². The molecular weight excluding hydrogens is 268 g/mol. The monoisotopic (exact) mass is 284 g/mol. The summed E-state index contributed by atoms with van der Waals surface area (Å²) in [5, 5.41) is 29.8. The first-order valence-electron chi connectivity index (χ1n) is 6.61. The van der Waals surface area contributed by atoms with Crippen LogP contribution in [-0.4, -0.2) is 49.2 Å². The van der Waals surface area contributed by atoms with Crippen molar-refractivity contribution >= 4 is 0 Å². The quantitative estimate of drug-likeness (QED) is 0.443. The van der Waals surface area contributed by atoms with Crippen LogP contribution in [0.3, 0.4) is 0 Å². The summed E-state index contributed by atoms with van der Waals surface area (Å²) in [5.41, 5.74) is -4.06. The first-order chi connectivity index (χ1) is 10.0. The van der Waals surface area contributed by atoms with Gasteiger partial charge in [0.15, 0.2) is 11.8 Å². The normalized spacial score (nSPS) is 35.2. The summed E-state index contributed by atoms with van der Waals surface area (Å²) in [6, 6.07) is 1.04. The van der Waals surface area contributed by atoms with Crippen LogP contribution in [-0.2, 0) is 4.74 Å². The van der Waals surface area contributed by atoms with Crippen molar-refractivity contribution in [3.63, 3.8) is 0 Å². The molecular formula is C12H14N2O6. The third-order valence-electron chi connectivity index (χ3n) is 3.15. The molecule has 0 bridgehead atoms. The Morgan fingerprint density at radius 3 is 2.85 bits per heavy atom. The number of ether oxygens (including phenoxy) is 1. The Bertz CT molecular complexity index is 746. The zero-order valence-corrected chi connectivity index (χ0v) is 10.4. The Hall–Kier alpha value is -1.92. The molecule has 20 heavy (non-hydrogen) atoms. The van der Waals surface area contributed by atoms with Gasteiger partial charge in [-0.25, -0.2) is 4.79 Å². The molecule has 1 aromatic heterocycles. The minimum absolute atomic E-state index is 0.0683. The predicted molar refractivity (Wildman–Crippen MR) is 66.8 cm³/mol. The van der Waals surface area contributed by atoms with Gasteiger partial charge in [0, 0.05) is 11.8 Å². The maximum Gasteiger partial charge on any atom is 0.330 e. The molecule has 8 heteroatoms. The predicted octanol–water partition coefficient (Wildman–Crippen LogP) is -2.54. The first-order valence-corrected chi connectivity index (χ1v) is 5.61. The van der Waals surface area contributed by atoms with E-state index in [1.807, 2.05) is 10.9 Å². The number of rotatable bonds is 2. The van der Waals surface area contributed by atoms with Crippen LogP contribution < -0.4 is 11.2 Å². The Labute approximate surface area is 116 Å². The fourth-order valence-corrected chi connectivity index (χ4v) is 2.12. The van der Waals surface area contributed by atoms with E-state index in [4.69, 9.17) is 13.9 Å². The van der Waals surface area contributed by atoms with Gasteiger partial charge in [0.25, 0.3) is 5.56 Å². The summed E-state index contributed by atoms with van der Waals surface area (Å²) in [4.78, 5) is 25.1. The molecule has 0 radical (unpaired) electrons.